The van der Waals surface area contributed by atoms with Crippen LogP contribution >= 0.6 is 45.2 Å². The minimum atomic E-state index is 0.809. The van der Waals surface area contributed by atoms with Crippen LogP contribution in [-0.2, 0) is 6.42 Å². The molecule has 0 amide bonds. The number of rotatable bonds is 11. The predicted octanol–water partition coefficient (Wildman–Crippen LogP) is 5.54. The van der Waals surface area contributed by atoms with Gasteiger partial charge < -0.3 is 0 Å². The van der Waals surface area contributed by atoms with E-state index in [2.05, 4.69) is 67.1 Å². The monoisotopic (exact) mass is 501 g/mol. The second-order valence-electron chi connectivity index (χ2n) is 5.22. The van der Waals surface area contributed by atoms with Crippen molar-refractivity contribution in [3.05, 3.63) is 13.5 Å². The fourth-order valence-corrected chi connectivity index (χ4v) is 3.72. The largest absolute Gasteiger partial charge is 0.208 e. The summed E-state index contributed by atoms with van der Waals surface area (Å²) in [7, 11) is 0. The van der Waals surface area contributed by atoms with Crippen molar-refractivity contribution in [3.63, 3.8) is 0 Å². The molecule has 1 aromatic rings. The number of unbranched alkanes of at least 4 members (excludes halogenated alkanes) is 9. The van der Waals surface area contributed by atoms with Crippen LogP contribution in [0.3, 0.4) is 0 Å². The number of halogens is 2. The van der Waals surface area contributed by atoms with E-state index in [0.717, 1.165) is 19.9 Å². The van der Waals surface area contributed by atoms with Crippen molar-refractivity contribution in [2.75, 3.05) is 0 Å². The Balaban J connectivity index is 1.97. The third-order valence-corrected chi connectivity index (χ3v) is 4.35. The highest BCUT2D eigenvalue weighted by molar-refractivity contribution is 14.1. The first-order valence-electron chi connectivity index (χ1n) is 7.78. The quantitative estimate of drug-likeness (QED) is 0.295. The van der Waals surface area contributed by atoms with Crippen molar-refractivity contribution in [1.82, 2.24) is 15.0 Å². The Morgan fingerprint density at radius 1 is 0.650 bits per heavy atom. The van der Waals surface area contributed by atoms with E-state index < -0.39 is 0 Å². The lowest BCUT2D eigenvalue weighted by atomic mass is 10.1. The third kappa shape index (κ3) is 9.41. The van der Waals surface area contributed by atoms with Crippen LogP contribution in [0.4, 0.5) is 0 Å². The second-order valence-corrected chi connectivity index (χ2v) is 7.15. The molecule has 5 heteroatoms. The van der Waals surface area contributed by atoms with Gasteiger partial charge in [0.05, 0.1) is 0 Å². The van der Waals surface area contributed by atoms with Crippen LogP contribution < -0.4 is 0 Å². The number of hydrogen-bond donors (Lipinski definition) is 0. The average Bonchev–Trinajstić information content (AvgIpc) is 2.40. The molecule has 0 aliphatic heterocycles. The zero-order chi connectivity index (χ0) is 14.6. The Hall–Kier alpha value is 0.470. The Morgan fingerprint density at radius 3 is 1.60 bits per heavy atom. The van der Waals surface area contributed by atoms with Crippen LogP contribution in [0.2, 0.25) is 0 Å². The van der Waals surface area contributed by atoms with E-state index in [1.807, 2.05) is 0 Å². The number of aromatic nitrogens is 3. The minimum absolute atomic E-state index is 0.809. The topological polar surface area (TPSA) is 38.7 Å². The maximum absolute atomic E-state index is 4.37. The van der Waals surface area contributed by atoms with Gasteiger partial charge >= 0.3 is 0 Å². The molecule has 1 aromatic heterocycles. The molecule has 0 atom stereocenters. The molecule has 0 spiro atoms. The Labute approximate surface area is 150 Å². The molecule has 0 unspecified atom stereocenters. The summed E-state index contributed by atoms with van der Waals surface area (Å²) in [6.45, 7) is 2.27. The van der Waals surface area contributed by atoms with E-state index in [1.165, 1.54) is 64.2 Å². The lowest BCUT2D eigenvalue weighted by Gasteiger charge is -2.03. The number of aryl methyl sites for hydroxylation is 1. The van der Waals surface area contributed by atoms with Crippen LogP contribution in [-0.4, -0.2) is 15.0 Å². The van der Waals surface area contributed by atoms with Crippen LogP contribution in [0.25, 0.3) is 0 Å². The highest BCUT2D eigenvalue weighted by atomic mass is 127. The molecule has 0 fully saturated rings. The molecule has 0 saturated heterocycles. The summed E-state index contributed by atoms with van der Waals surface area (Å²) in [5.74, 6) is 0.952. The van der Waals surface area contributed by atoms with Gasteiger partial charge in [0.1, 0.15) is 5.82 Å². The Kier molecular flexibility index (Phi) is 11.2. The molecule has 1 rings (SSSR count). The number of nitrogens with zero attached hydrogens (tertiary/aromatic N) is 3. The highest BCUT2D eigenvalue weighted by Crippen LogP contribution is 2.12. The summed E-state index contributed by atoms with van der Waals surface area (Å²) in [6, 6.07) is 0. The molecular formula is C15H25I2N3. The fraction of sp³-hybridized carbons (Fsp3) is 0.800. The van der Waals surface area contributed by atoms with Gasteiger partial charge in [0, 0.05) is 51.6 Å². The zero-order valence-corrected chi connectivity index (χ0v) is 16.7. The second kappa shape index (κ2) is 12.1. The van der Waals surface area contributed by atoms with Gasteiger partial charge in [-0.15, -0.1) is 0 Å². The molecule has 114 valence electrons. The molecule has 0 saturated carbocycles. The highest BCUT2D eigenvalue weighted by Gasteiger charge is 2.02. The summed E-state index contributed by atoms with van der Waals surface area (Å²) in [6.07, 6.45) is 14.7. The molecule has 0 bridgehead atoms. The van der Waals surface area contributed by atoms with E-state index in [-0.39, 0.29) is 0 Å². The van der Waals surface area contributed by atoms with E-state index in [9.17, 15) is 0 Å². The van der Waals surface area contributed by atoms with Gasteiger partial charge in [-0.2, -0.15) is 4.98 Å². The molecule has 0 N–H and O–H groups in total. The van der Waals surface area contributed by atoms with Gasteiger partial charge in [0.2, 0.25) is 0 Å². The molecule has 0 aromatic carbocycles. The van der Waals surface area contributed by atoms with Crippen molar-refractivity contribution in [3.8, 4) is 0 Å². The maximum Gasteiger partial charge on any atom is 0.194 e. The summed E-state index contributed by atoms with van der Waals surface area (Å²) in [5.41, 5.74) is 0. The third-order valence-electron chi connectivity index (χ3n) is 3.38. The lowest BCUT2D eigenvalue weighted by molar-refractivity contribution is 0.553. The first kappa shape index (κ1) is 18.5. The van der Waals surface area contributed by atoms with Crippen LogP contribution in [0.1, 0.15) is 77.0 Å². The summed E-state index contributed by atoms with van der Waals surface area (Å²) < 4.78 is 1.62. The standard InChI is InChI=1S/C15H25I2N3/c1-2-3-4-5-6-7-8-9-10-11-12-13-18-14(16)20-15(17)19-13/h2-12H2,1H3. The van der Waals surface area contributed by atoms with Gasteiger partial charge in [0.25, 0.3) is 0 Å². The molecule has 0 radical (unpaired) electrons. The van der Waals surface area contributed by atoms with Crippen LogP contribution in [0.15, 0.2) is 0 Å². The lowest BCUT2D eigenvalue weighted by Crippen LogP contribution is -2.02. The first-order chi connectivity index (χ1) is 9.72. The Morgan fingerprint density at radius 2 is 1.10 bits per heavy atom. The zero-order valence-electron chi connectivity index (χ0n) is 12.4. The predicted molar refractivity (Wildman–Crippen MR) is 101 cm³/mol. The van der Waals surface area contributed by atoms with Crippen molar-refractivity contribution < 1.29 is 0 Å². The van der Waals surface area contributed by atoms with Gasteiger partial charge in [-0.25, -0.2) is 9.97 Å². The van der Waals surface area contributed by atoms with Gasteiger partial charge in [-0.1, -0.05) is 64.7 Å². The fourth-order valence-electron chi connectivity index (χ4n) is 2.25. The molecule has 1 heterocycles. The first-order valence-corrected chi connectivity index (χ1v) is 9.94. The molecule has 0 aliphatic rings. The smallest absolute Gasteiger partial charge is 0.194 e. The van der Waals surface area contributed by atoms with Crippen molar-refractivity contribution in [2.45, 2.75) is 77.6 Å². The normalized spacial score (nSPS) is 10.9. The number of hydrogen-bond acceptors (Lipinski definition) is 3. The average molecular weight is 501 g/mol. The van der Waals surface area contributed by atoms with Gasteiger partial charge in [-0.05, 0) is 6.42 Å². The van der Waals surface area contributed by atoms with Crippen LogP contribution in [0.5, 0.6) is 0 Å². The van der Waals surface area contributed by atoms with Gasteiger partial charge in [-0.3, -0.25) is 0 Å². The van der Waals surface area contributed by atoms with E-state index in [0.29, 0.717) is 0 Å². The van der Waals surface area contributed by atoms with Crippen molar-refractivity contribution in [1.29, 1.82) is 0 Å². The molecule has 20 heavy (non-hydrogen) atoms. The van der Waals surface area contributed by atoms with E-state index in [4.69, 9.17) is 0 Å². The molecule has 3 nitrogen and oxygen atoms in total. The van der Waals surface area contributed by atoms with Crippen molar-refractivity contribution in [2.24, 2.45) is 0 Å². The molecular weight excluding hydrogens is 476 g/mol. The summed E-state index contributed by atoms with van der Waals surface area (Å²) >= 11 is 4.31. The molecule has 0 aliphatic carbocycles. The van der Waals surface area contributed by atoms with E-state index in [1.54, 1.807) is 0 Å². The summed E-state index contributed by atoms with van der Waals surface area (Å²) in [5, 5.41) is 0. The van der Waals surface area contributed by atoms with Crippen LogP contribution in [0, 0.1) is 7.66 Å². The van der Waals surface area contributed by atoms with Gasteiger partial charge in [0.15, 0.2) is 7.66 Å². The Bertz CT molecular complexity index is 352. The SMILES string of the molecule is CCCCCCCCCCCCc1nc(I)nc(I)n1. The van der Waals surface area contributed by atoms with Crippen molar-refractivity contribution >= 4 is 45.2 Å². The van der Waals surface area contributed by atoms with E-state index >= 15 is 0 Å². The maximum atomic E-state index is 4.37. The summed E-state index contributed by atoms with van der Waals surface area (Å²) in [4.78, 5) is 12.9. The minimum Gasteiger partial charge on any atom is -0.208 e.